The van der Waals surface area contributed by atoms with E-state index in [1.807, 2.05) is 61.2 Å². The van der Waals surface area contributed by atoms with Gasteiger partial charge < -0.3 is 26.0 Å². The van der Waals surface area contributed by atoms with Crippen molar-refractivity contribution in [3.63, 3.8) is 0 Å². The number of nitrogens with two attached hydrogens (primary N) is 1. The first-order valence-corrected chi connectivity index (χ1v) is 14.7. The molecule has 2 aromatic heterocycles. The zero-order chi connectivity index (χ0) is 27.6. The van der Waals surface area contributed by atoms with Gasteiger partial charge in [0.1, 0.15) is 11.3 Å². The Morgan fingerprint density at radius 3 is 2.56 bits per heavy atom. The Morgan fingerprint density at radius 2 is 1.85 bits per heavy atom. The topological polar surface area (TPSA) is 129 Å². The van der Waals surface area contributed by atoms with Crippen LogP contribution >= 0.6 is 11.8 Å². The third-order valence-electron chi connectivity index (χ3n) is 6.77. The molecule has 0 bridgehead atoms. The molecule has 39 heavy (non-hydrogen) atoms. The molecule has 1 unspecified atom stereocenters. The zero-order valence-corrected chi connectivity index (χ0v) is 23.6. The first-order chi connectivity index (χ1) is 19.0. The van der Waals surface area contributed by atoms with Gasteiger partial charge in [0.15, 0.2) is 0 Å². The summed E-state index contributed by atoms with van der Waals surface area (Å²) in [7, 11) is 0. The predicted octanol–water partition coefficient (Wildman–Crippen LogP) is 5.85. The summed E-state index contributed by atoms with van der Waals surface area (Å²) in [5.74, 6) is 1.13. The van der Waals surface area contributed by atoms with Crippen molar-refractivity contribution in [1.29, 1.82) is 5.41 Å². The van der Waals surface area contributed by atoms with Gasteiger partial charge in [0.25, 0.3) is 0 Å². The number of hydrogen-bond donors (Lipinski definition) is 4. The number of pyridine rings is 2. The van der Waals surface area contributed by atoms with Gasteiger partial charge >= 0.3 is 0 Å². The molecule has 5 rings (SSSR count). The van der Waals surface area contributed by atoms with Crippen LogP contribution in [0, 0.1) is 11.3 Å². The van der Waals surface area contributed by atoms with Crippen LogP contribution in [0.3, 0.4) is 0 Å². The van der Waals surface area contributed by atoms with Crippen molar-refractivity contribution >= 4 is 50.9 Å². The molecule has 0 radical (unpaired) electrons. The predicted molar refractivity (Wildman–Crippen MR) is 165 cm³/mol. The third kappa shape index (κ3) is 8.14. The minimum absolute atomic E-state index is 0. The van der Waals surface area contributed by atoms with Crippen LogP contribution in [0.5, 0.6) is 0 Å². The average Bonchev–Trinajstić information content (AvgIpc) is 3.51. The van der Waals surface area contributed by atoms with E-state index in [9.17, 15) is 4.79 Å². The van der Waals surface area contributed by atoms with E-state index in [4.69, 9.17) is 15.9 Å². The van der Waals surface area contributed by atoms with Crippen molar-refractivity contribution in [3.8, 4) is 0 Å². The normalized spacial score (nSPS) is 16.3. The van der Waals surface area contributed by atoms with Crippen LogP contribution in [0.15, 0.2) is 48.7 Å². The van der Waals surface area contributed by atoms with Gasteiger partial charge in [-0.15, -0.1) is 0 Å². The molecule has 1 aliphatic carbocycles. The van der Waals surface area contributed by atoms with Gasteiger partial charge in [0, 0.05) is 27.5 Å². The summed E-state index contributed by atoms with van der Waals surface area (Å²) in [6.45, 7) is 6.54. The highest BCUT2D eigenvalue weighted by Crippen LogP contribution is 2.30. The van der Waals surface area contributed by atoms with E-state index in [2.05, 4.69) is 20.6 Å². The van der Waals surface area contributed by atoms with Crippen molar-refractivity contribution in [1.82, 2.24) is 14.9 Å². The van der Waals surface area contributed by atoms with Gasteiger partial charge in [0.05, 0.1) is 47.6 Å². The maximum atomic E-state index is 12.5. The second kappa shape index (κ2) is 14.3. The number of ether oxygens (including phenoxy) is 1. The number of thioether (sulfide) groups is 1. The summed E-state index contributed by atoms with van der Waals surface area (Å²) in [5, 5.41) is 15.5. The Balaban J connectivity index is 0.00000144. The van der Waals surface area contributed by atoms with Gasteiger partial charge in [-0.2, -0.15) is 0 Å². The lowest BCUT2D eigenvalue weighted by Crippen LogP contribution is -2.41. The van der Waals surface area contributed by atoms with E-state index in [-0.39, 0.29) is 8.76 Å². The van der Waals surface area contributed by atoms with Crippen molar-refractivity contribution in [2.45, 2.75) is 51.4 Å². The van der Waals surface area contributed by atoms with E-state index in [0.29, 0.717) is 49.5 Å². The van der Waals surface area contributed by atoms with Crippen LogP contribution in [0.2, 0.25) is 0 Å². The monoisotopic (exact) mass is 553 g/mol. The molecule has 2 fully saturated rings. The van der Waals surface area contributed by atoms with Crippen LogP contribution in [0.4, 0.5) is 17.2 Å². The van der Waals surface area contributed by atoms with Crippen LogP contribution < -0.4 is 16.4 Å². The summed E-state index contributed by atoms with van der Waals surface area (Å²) in [6, 6.07) is 13.6. The van der Waals surface area contributed by atoms with E-state index in [1.54, 1.807) is 6.20 Å². The fraction of sp³-hybridized carbons (Fsp3) is 0.448. The summed E-state index contributed by atoms with van der Waals surface area (Å²) < 4.78 is 5.32. The standard InChI is InChI=1S/C27H33N7O2S.C2H6.2H2/c28-26(19-3-1-2-4-19)37-27(29)33-24-10-9-22-23(32-24)16-21(17-30-22)31-20-7-5-18(6-8-20)15-25(35)34-11-13-36-14-12-34;1-2;;/h5-10,16-17,19,27-28,31H,1-4,11-15,29H2,(H,32,33);1-2H3;2*1H. The molecule has 1 aromatic carbocycles. The third-order valence-corrected chi connectivity index (χ3v) is 7.73. The number of nitrogens with one attached hydrogen (secondary N) is 3. The van der Waals surface area contributed by atoms with Crippen LogP contribution in [0.25, 0.3) is 11.0 Å². The highest BCUT2D eigenvalue weighted by Gasteiger charge is 2.22. The second-order valence-electron chi connectivity index (χ2n) is 9.48. The highest BCUT2D eigenvalue weighted by molar-refractivity contribution is 8.14. The number of aromatic nitrogens is 2. The van der Waals surface area contributed by atoms with Gasteiger partial charge in [-0.3, -0.25) is 15.2 Å². The first kappa shape index (κ1) is 28.8. The molecule has 9 nitrogen and oxygen atoms in total. The molecular weight excluding hydrogens is 510 g/mol. The molecule has 3 heterocycles. The molecule has 212 valence electrons. The summed E-state index contributed by atoms with van der Waals surface area (Å²) in [4.78, 5) is 23.6. The lowest BCUT2D eigenvalue weighted by atomic mass is 10.1. The largest absolute Gasteiger partial charge is 0.378 e. The molecule has 1 aliphatic heterocycles. The molecule has 5 N–H and O–H groups in total. The van der Waals surface area contributed by atoms with E-state index in [0.717, 1.165) is 40.8 Å². The highest BCUT2D eigenvalue weighted by atomic mass is 32.2. The van der Waals surface area contributed by atoms with Gasteiger partial charge in [0.2, 0.25) is 5.91 Å². The fourth-order valence-corrected chi connectivity index (χ4v) is 5.60. The Labute approximate surface area is 237 Å². The first-order valence-electron chi connectivity index (χ1n) is 13.8. The molecule has 1 saturated heterocycles. The number of amides is 1. The van der Waals surface area contributed by atoms with Crippen molar-refractivity contribution in [3.05, 3.63) is 54.2 Å². The lowest BCUT2D eigenvalue weighted by Gasteiger charge is -2.26. The molecule has 1 amide bonds. The molecule has 1 saturated carbocycles. The van der Waals surface area contributed by atoms with Crippen molar-refractivity contribution in [2.24, 2.45) is 11.7 Å². The van der Waals surface area contributed by atoms with Gasteiger partial charge in [-0.25, -0.2) is 4.98 Å². The Hall–Kier alpha value is -3.21. The number of benzene rings is 1. The minimum Gasteiger partial charge on any atom is -0.378 e. The number of fused-ring (bicyclic) bond motifs is 1. The van der Waals surface area contributed by atoms with Crippen molar-refractivity contribution in [2.75, 3.05) is 36.9 Å². The van der Waals surface area contributed by atoms with E-state index >= 15 is 0 Å². The summed E-state index contributed by atoms with van der Waals surface area (Å²) in [6.07, 6.45) is 6.73. The van der Waals surface area contributed by atoms with Crippen molar-refractivity contribution < 1.29 is 12.4 Å². The zero-order valence-electron chi connectivity index (χ0n) is 22.8. The Kier molecular flexibility index (Phi) is 10.5. The van der Waals surface area contributed by atoms with Crippen LogP contribution in [-0.4, -0.2) is 57.6 Å². The number of carbonyl (C=O) groups is 1. The van der Waals surface area contributed by atoms with Crippen LogP contribution in [0.1, 0.15) is 47.9 Å². The number of anilines is 3. The molecular formula is C29H43N7O2S. The molecule has 2 aliphatic rings. The summed E-state index contributed by atoms with van der Waals surface area (Å²) >= 11 is 1.37. The maximum absolute atomic E-state index is 12.5. The average molecular weight is 554 g/mol. The minimum atomic E-state index is -0.430. The molecule has 0 spiro atoms. The van der Waals surface area contributed by atoms with E-state index < -0.39 is 5.50 Å². The van der Waals surface area contributed by atoms with E-state index in [1.165, 1.54) is 24.6 Å². The molecule has 1 atom stereocenters. The lowest BCUT2D eigenvalue weighted by molar-refractivity contribution is -0.134. The summed E-state index contributed by atoms with van der Waals surface area (Å²) in [5.41, 5.74) is 10.0. The Bertz CT molecular complexity index is 1250. The fourth-order valence-electron chi connectivity index (χ4n) is 4.72. The quantitative estimate of drug-likeness (QED) is 0.155. The molecule has 10 heteroatoms. The van der Waals surface area contributed by atoms with Gasteiger partial charge in [-0.1, -0.05) is 50.6 Å². The Morgan fingerprint density at radius 1 is 1.13 bits per heavy atom. The number of rotatable bonds is 8. The maximum Gasteiger partial charge on any atom is 0.227 e. The number of carbonyl (C=O) groups excluding carboxylic acids is 1. The smallest absolute Gasteiger partial charge is 0.227 e. The number of nitrogens with zero attached hydrogens (tertiary/aromatic N) is 3. The second-order valence-corrected chi connectivity index (χ2v) is 10.7. The SMILES string of the molecule is CC.N=C(SC(N)Nc1ccc2ncc(Nc3ccc(CC(=O)N4CCOCC4)cc3)cc2n1)C1CCCC1.[HH].[HH]. The van der Waals surface area contributed by atoms with Crippen LogP contribution in [-0.2, 0) is 16.0 Å². The van der Waals surface area contributed by atoms with Gasteiger partial charge in [-0.05, 0) is 48.7 Å². The number of morpholine rings is 1. The molecule has 3 aromatic rings. The number of hydrogen-bond acceptors (Lipinski definition) is 9.